The number of carbonyl (C=O) groups is 3. The molecule has 3 saturated heterocycles. The molecular formula is C41H40FN9O4. The zero-order valence-electron chi connectivity index (χ0n) is 30.0. The number of pyridine rings is 1. The Kier molecular flexibility index (Phi) is 9.86. The number of nitrogens with zero attached hydrogens (tertiary/aromatic N) is 6. The van der Waals surface area contributed by atoms with Crippen molar-refractivity contribution < 1.29 is 23.9 Å². The van der Waals surface area contributed by atoms with E-state index < -0.39 is 12.3 Å². The van der Waals surface area contributed by atoms with Crippen LogP contribution < -0.4 is 10.2 Å². The number of piperidine rings is 1. The Balaban J connectivity index is 0.850. The highest BCUT2D eigenvalue weighted by Gasteiger charge is 2.39. The summed E-state index contributed by atoms with van der Waals surface area (Å²) in [5, 5.41) is 20.9. The fraction of sp³-hybridized carbons (Fsp3) is 0.317. The van der Waals surface area contributed by atoms with E-state index in [0.717, 1.165) is 47.7 Å². The summed E-state index contributed by atoms with van der Waals surface area (Å²) < 4.78 is 13.9. The standard InChI is InChI=1S/C41H40FN9O4/c42-29-5-1-4-27(23-29)33-7-3-17-50(33)35(43)13-14-36-44-24-32(45-36)31-6-2-8-37(46-31)48-18-20-49(21-19-48)39(53)16-10-26-9-11-30-28(22-26)25-51(41(30)55)34-12-15-38(52)47-40(34)54/h1-2,4-6,8-9,11,13-14,22-24,33-34,38,43,52H,3,7,12,15,17-21,25H2,(H,44,45)(H,47,54)/b14-13-,43-35?/t33-,34?,38?/m1/s1. The third-order valence-electron chi connectivity index (χ3n) is 10.6. The van der Waals surface area contributed by atoms with Crippen LogP contribution in [0.1, 0.15) is 64.6 Å². The minimum atomic E-state index is -0.889. The fourth-order valence-electron chi connectivity index (χ4n) is 7.76. The van der Waals surface area contributed by atoms with E-state index in [-0.39, 0.29) is 36.1 Å². The first-order chi connectivity index (χ1) is 26.7. The van der Waals surface area contributed by atoms with Crippen molar-refractivity contribution in [1.29, 1.82) is 5.41 Å². The Labute approximate surface area is 317 Å². The lowest BCUT2D eigenvalue weighted by atomic mass is 10.0. The number of likely N-dealkylation sites (tertiary alicyclic amines) is 1. The van der Waals surface area contributed by atoms with Gasteiger partial charge in [0.1, 0.15) is 35.6 Å². The van der Waals surface area contributed by atoms with Gasteiger partial charge >= 0.3 is 0 Å². The number of aliphatic hydroxyl groups is 1. The van der Waals surface area contributed by atoms with E-state index in [2.05, 4.69) is 32.0 Å². The van der Waals surface area contributed by atoms with E-state index in [0.29, 0.717) is 61.8 Å². The van der Waals surface area contributed by atoms with Gasteiger partial charge in [-0.3, -0.25) is 19.8 Å². The van der Waals surface area contributed by atoms with Gasteiger partial charge in [-0.25, -0.2) is 14.4 Å². The molecule has 280 valence electrons. The van der Waals surface area contributed by atoms with Crippen LogP contribution in [-0.4, -0.2) is 103 Å². The number of carbonyl (C=O) groups excluding carboxylic acids is 3. The van der Waals surface area contributed by atoms with Gasteiger partial charge in [-0.05, 0) is 91.4 Å². The second-order valence-electron chi connectivity index (χ2n) is 14.1. The van der Waals surface area contributed by atoms with Crippen LogP contribution in [-0.2, 0) is 16.1 Å². The quantitative estimate of drug-likeness (QED) is 0.132. The van der Waals surface area contributed by atoms with Gasteiger partial charge in [0.2, 0.25) is 5.91 Å². The third-order valence-corrected chi connectivity index (χ3v) is 10.6. The van der Waals surface area contributed by atoms with Gasteiger partial charge in [-0.2, -0.15) is 0 Å². The Hall–Kier alpha value is -6.33. The number of hydrogen-bond donors (Lipinski definition) is 4. The molecule has 13 nitrogen and oxygen atoms in total. The molecule has 0 spiro atoms. The van der Waals surface area contributed by atoms with Gasteiger partial charge in [-0.1, -0.05) is 24.1 Å². The summed E-state index contributed by atoms with van der Waals surface area (Å²) in [5.74, 6) is 6.29. The molecule has 8 rings (SSSR count). The zero-order valence-corrected chi connectivity index (χ0v) is 30.0. The number of piperazine rings is 1. The van der Waals surface area contributed by atoms with Crippen LogP contribution in [0.2, 0.25) is 0 Å². The topological polar surface area (TPSA) is 162 Å². The van der Waals surface area contributed by atoms with Gasteiger partial charge in [-0.15, -0.1) is 0 Å². The Morgan fingerprint density at radius 2 is 1.82 bits per heavy atom. The van der Waals surface area contributed by atoms with Crippen molar-refractivity contribution in [3.63, 3.8) is 0 Å². The normalized spacial score (nSPS) is 21.1. The average Bonchev–Trinajstić information content (AvgIpc) is 3.96. The average molecular weight is 742 g/mol. The number of anilines is 1. The molecule has 55 heavy (non-hydrogen) atoms. The SMILES string of the molecule is N=C(/C=C\c1ncc(-c2cccc(N3CCN(C(=O)C#Cc4ccc5c(c4)CN(C4CCC(O)NC4=O)C5=O)CC3)n2)[nH]1)N1CCC[C@@H]1c1cccc(F)c1. The minimum absolute atomic E-state index is 0.0331. The number of amides is 3. The molecular weight excluding hydrogens is 702 g/mol. The van der Waals surface area contributed by atoms with E-state index in [1.54, 1.807) is 53.6 Å². The highest BCUT2D eigenvalue weighted by atomic mass is 19.1. The van der Waals surface area contributed by atoms with Crippen LogP contribution >= 0.6 is 0 Å². The van der Waals surface area contributed by atoms with Crippen LogP contribution in [0.25, 0.3) is 17.5 Å². The number of H-pyrrole nitrogens is 1. The first kappa shape index (κ1) is 35.7. The van der Waals surface area contributed by atoms with Crippen LogP contribution in [0, 0.1) is 23.1 Å². The number of amidine groups is 1. The Bertz CT molecular complexity index is 2250. The molecule has 3 atom stereocenters. The highest BCUT2D eigenvalue weighted by molar-refractivity contribution is 6.01. The first-order valence-electron chi connectivity index (χ1n) is 18.5. The summed E-state index contributed by atoms with van der Waals surface area (Å²) in [6.07, 6.45) is 6.88. The highest BCUT2D eigenvalue weighted by Crippen LogP contribution is 2.33. The number of benzene rings is 2. The number of aliphatic hydroxyl groups excluding tert-OH is 1. The molecule has 0 bridgehead atoms. The molecule has 0 aliphatic carbocycles. The second kappa shape index (κ2) is 15.2. The molecule has 0 radical (unpaired) electrons. The Morgan fingerprint density at radius 1 is 0.982 bits per heavy atom. The molecule has 14 heteroatoms. The monoisotopic (exact) mass is 741 g/mol. The maximum Gasteiger partial charge on any atom is 0.298 e. The number of aromatic amines is 1. The van der Waals surface area contributed by atoms with Crippen LogP contribution in [0.3, 0.4) is 0 Å². The lowest BCUT2D eigenvalue weighted by Gasteiger charge is -2.34. The second-order valence-corrected chi connectivity index (χ2v) is 14.1. The lowest BCUT2D eigenvalue weighted by Crippen LogP contribution is -2.54. The Morgan fingerprint density at radius 3 is 2.64 bits per heavy atom. The molecule has 4 aliphatic heterocycles. The number of halogens is 1. The molecule has 2 unspecified atom stereocenters. The van der Waals surface area contributed by atoms with Gasteiger partial charge in [0.05, 0.1) is 23.6 Å². The predicted molar refractivity (Wildman–Crippen MR) is 203 cm³/mol. The number of nitrogens with one attached hydrogen (secondary N) is 3. The molecule has 3 amide bonds. The maximum atomic E-state index is 13.9. The van der Waals surface area contributed by atoms with Gasteiger partial charge in [0.15, 0.2) is 0 Å². The zero-order chi connectivity index (χ0) is 38.1. The molecule has 3 fully saturated rings. The number of aromatic nitrogens is 3. The third kappa shape index (κ3) is 7.56. The molecule has 4 aromatic rings. The van der Waals surface area contributed by atoms with Crippen molar-refractivity contribution in [2.75, 3.05) is 37.6 Å². The molecule has 6 heterocycles. The molecule has 4 N–H and O–H groups in total. The summed E-state index contributed by atoms with van der Waals surface area (Å²) in [5.41, 5.74) is 4.21. The molecule has 0 saturated carbocycles. The maximum absolute atomic E-state index is 13.9. The van der Waals surface area contributed by atoms with Crippen LogP contribution in [0.4, 0.5) is 10.2 Å². The van der Waals surface area contributed by atoms with Crippen molar-refractivity contribution in [2.45, 2.75) is 50.5 Å². The number of rotatable bonds is 6. The van der Waals surface area contributed by atoms with E-state index in [9.17, 15) is 23.9 Å². The van der Waals surface area contributed by atoms with Gasteiger partial charge < -0.3 is 35.0 Å². The predicted octanol–water partition coefficient (Wildman–Crippen LogP) is 3.69. The van der Waals surface area contributed by atoms with Crippen LogP contribution in [0.15, 0.2) is 72.9 Å². The largest absolute Gasteiger partial charge is 0.374 e. The number of imidazole rings is 1. The fourth-order valence-corrected chi connectivity index (χ4v) is 7.76. The van der Waals surface area contributed by atoms with E-state index in [1.165, 1.54) is 11.0 Å². The molecule has 2 aromatic carbocycles. The lowest BCUT2D eigenvalue weighted by molar-refractivity contribution is -0.132. The van der Waals surface area contributed by atoms with Crippen LogP contribution in [0.5, 0.6) is 0 Å². The smallest absolute Gasteiger partial charge is 0.298 e. The van der Waals surface area contributed by atoms with Crippen molar-refractivity contribution in [1.82, 2.24) is 35.0 Å². The summed E-state index contributed by atoms with van der Waals surface area (Å²) in [6.45, 7) is 3.13. The molecule has 4 aliphatic rings. The van der Waals surface area contributed by atoms with Crippen molar-refractivity contribution in [3.05, 3.63) is 107 Å². The minimum Gasteiger partial charge on any atom is -0.374 e. The summed E-state index contributed by atoms with van der Waals surface area (Å²) >= 11 is 0. The van der Waals surface area contributed by atoms with E-state index in [1.807, 2.05) is 29.2 Å². The molecule has 2 aromatic heterocycles. The van der Waals surface area contributed by atoms with Gasteiger partial charge in [0, 0.05) is 56.3 Å². The number of hydrogen-bond acceptors (Lipinski definition) is 8. The number of fused-ring (bicyclic) bond motifs is 1. The summed E-state index contributed by atoms with van der Waals surface area (Å²) in [7, 11) is 0. The van der Waals surface area contributed by atoms with Crippen molar-refractivity contribution in [3.8, 4) is 23.2 Å². The summed E-state index contributed by atoms with van der Waals surface area (Å²) in [6, 6.07) is 16.9. The van der Waals surface area contributed by atoms with Crippen molar-refractivity contribution in [2.24, 2.45) is 0 Å². The van der Waals surface area contributed by atoms with Gasteiger partial charge in [0.25, 0.3) is 11.8 Å². The van der Waals surface area contributed by atoms with Crippen molar-refractivity contribution >= 4 is 35.5 Å². The van der Waals surface area contributed by atoms with E-state index >= 15 is 0 Å². The first-order valence-corrected chi connectivity index (χ1v) is 18.5. The van der Waals surface area contributed by atoms with E-state index in [4.69, 9.17) is 10.4 Å². The summed E-state index contributed by atoms with van der Waals surface area (Å²) in [4.78, 5) is 58.5.